The van der Waals surface area contributed by atoms with E-state index in [2.05, 4.69) is 5.32 Å². The van der Waals surface area contributed by atoms with Crippen molar-refractivity contribution in [2.45, 2.75) is 39.2 Å². The number of nitrogens with two attached hydrogens (primary N) is 1. The molecule has 0 aliphatic rings. The van der Waals surface area contributed by atoms with Gasteiger partial charge in [-0.2, -0.15) is 0 Å². The van der Waals surface area contributed by atoms with E-state index < -0.39 is 11.9 Å². The summed E-state index contributed by atoms with van der Waals surface area (Å²) in [4.78, 5) is 22.3. The van der Waals surface area contributed by atoms with Crippen LogP contribution in [0.3, 0.4) is 0 Å². The Bertz CT molecular complexity index is 217. The molecule has 0 aromatic carbocycles. The lowest BCUT2D eigenvalue weighted by Gasteiger charge is -2.18. The Morgan fingerprint density at radius 3 is 2.33 bits per heavy atom. The van der Waals surface area contributed by atoms with Crippen LogP contribution in [0, 0.1) is 5.92 Å². The number of rotatable bonds is 7. The van der Waals surface area contributed by atoms with E-state index in [0.29, 0.717) is 19.3 Å². The molecule has 0 saturated carbocycles. The normalized spacial score (nSPS) is 12.5. The van der Waals surface area contributed by atoms with Gasteiger partial charge in [-0.05, 0) is 18.8 Å². The minimum atomic E-state index is -0.605. The van der Waals surface area contributed by atoms with E-state index in [4.69, 9.17) is 10.8 Å². The van der Waals surface area contributed by atoms with Gasteiger partial charge in [-0.25, -0.2) is 0 Å². The Balaban J connectivity index is 3.95. The van der Waals surface area contributed by atoms with Gasteiger partial charge in [-0.1, -0.05) is 13.8 Å². The molecule has 5 nitrogen and oxygen atoms in total. The highest BCUT2D eigenvalue weighted by Crippen LogP contribution is 2.02. The lowest BCUT2D eigenvalue weighted by atomic mass is 10.0. The molecule has 5 heteroatoms. The Hall–Kier alpha value is -1.10. The van der Waals surface area contributed by atoms with Crippen molar-refractivity contribution in [3.05, 3.63) is 0 Å². The summed E-state index contributed by atoms with van der Waals surface area (Å²) in [6.07, 6.45) is 1.53. The van der Waals surface area contributed by atoms with Crippen LogP contribution < -0.4 is 11.1 Å². The summed E-state index contributed by atoms with van der Waals surface area (Å²) in [6.45, 7) is 3.73. The number of amides is 2. The second-order valence-corrected chi connectivity index (χ2v) is 3.87. The molecule has 0 aromatic heterocycles. The summed E-state index contributed by atoms with van der Waals surface area (Å²) in [7, 11) is 0. The van der Waals surface area contributed by atoms with E-state index in [1.165, 1.54) is 0 Å². The van der Waals surface area contributed by atoms with Crippen molar-refractivity contribution in [2.75, 3.05) is 6.61 Å². The fraction of sp³-hybridized carbons (Fsp3) is 0.800. The zero-order chi connectivity index (χ0) is 11.8. The predicted molar refractivity (Wildman–Crippen MR) is 56.9 cm³/mol. The van der Waals surface area contributed by atoms with Crippen LogP contribution >= 0.6 is 0 Å². The number of hydrogen-bond donors (Lipinski definition) is 3. The zero-order valence-electron chi connectivity index (χ0n) is 9.32. The molecular formula is C10H20N2O3. The summed E-state index contributed by atoms with van der Waals surface area (Å²) in [6, 6.07) is -0.605. The third-order valence-electron chi connectivity index (χ3n) is 2.10. The standard InChI is InChI=1S/C10H20N2O3/c1-7(2)9(10(11)15)12-8(14)5-3-4-6-13/h7,9,13H,3-6H2,1-2H3,(H2,11,15)(H,12,14). The van der Waals surface area contributed by atoms with Crippen LogP contribution in [-0.2, 0) is 9.59 Å². The van der Waals surface area contributed by atoms with Crippen molar-refractivity contribution in [2.24, 2.45) is 11.7 Å². The minimum Gasteiger partial charge on any atom is -0.396 e. The molecule has 0 fully saturated rings. The third kappa shape index (κ3) is 6.06. The number of carbonyl (C=O) groups is 2. The van der Waals surface area contributed by atoms with Gasteiger partial charge in [0.25, 0.3) is 0 Å². The second-order valence-electron chi connectivity index (χ2n) is 3.87. The molecule has 4 N–H and O–H groups in total. The minimum absolute atomic E-state index is 0.00991. The third-order valence-corrected chi connectivity index (χ3v) is 2.10. The van der Waals surface area contributed by atoms with Gasteiger partial charge in [-0.15, -0.1) is 0 Å². The maximum absolute atomic E-state index is 11.3. The fourth-order valence-electron chi connectivity index (χ4n) is 1.21. The van der Waals surface area contributed by atoms with Crippen LogP contribution in [0.5, 0.6) is 0 Å². The molecule has 0 spiro atoms. The molecule has 15 heavy (non-hydrogen) atoms. The number of unbranched alkanes of at least 4 members (excludes halogenated alkanes) is 1. The number of aliphatic hydroxyl groups excluding tert-OH is 1. The van der Waals surface area contributed by atoms with Crippen LogP contribution in [0.25, 0.3) is 0 Å². The molecule has 1 unspecified atom stereocenters. The first-order chi connectivity index (χ1) is 6.99. The maximum atomic E-state index is 11.3. The van der Waals surface area contributed by atoms with Crippen molar-refractivity contribution in [1.29, 1.82) is 0 Å². The van der Waals surface area contributed by atoms with E-state index in [1.54, 1.807) is 0 Å². The summed E-state index contributed by atoms with van der Waals surface area (Å²) < 4.78 is 0. The Morgan fingerprint density at radius 1 is 1.33 bits per heavy atom. The largest absolute Gasteiger partial charge is 0.396 e. The van der Waals surface area contributed by atoms with Gasteiger partial charge in [0.15, 0.2) is 0 Å². The van der Waals surface area contributed by atoms with Gasteiger partial charge >= 0.3 is 0 Å². The van der Waals surface area contributed by atoms with Crippen molar-refractivity contribution >= 4 is 11.8 Å². The highest BCUT2D eigenvalue weighted by molar-refractivity contribution is 5.86. The SMILES string of the molecule is CC(C)C(NC(=O)CCCCO)C(N)=O. The van der Waals surface area contributed by atoms with Crippen molar-refractivity contribution in [3.8, 4) is 0 Å². The Labute approximate surface area is 90.0 Å². The summed E-state index contributed by atoms with van der Waals surface area (Å²) in [5.74, 6) is -0.717. The van der Waals surface area contributed by atoms with Crippen molar-refractivity contribution in [3.63, 3.8) is 0 Å². The smallest absolute Gasteiger partial charge is 0.240 e. The van der Waals surface area contributed by atoms with Gasteiger partial charge in [0, 0.05) is 13.0 Å². The van der Waals surface area contributed by atoms with Gasteiger partial charge < -0.3 is 16.2 Å². The highest BCUT2D eigenvalue weighted by atomic mass is 16.3. The molecule has 0 heterocycles. The van der Waals surface area contributed by atoms with E-state index in [-0.39, 0.29) is 18.4 Å². The molecule has 0 radical (unpaired) electrons. The Morgan fingerprint density at radius 2 is 1.93 bits per heavy atom. The number of carbonyl (C=O) groups excluding carboxylic acids is 2. The summed E-state index contributed by atoms with van der Waals surface area (Å²) >= 11 is 0. The quantitative estimate of drug-likeness (QED) is 0.513. The van der Waals surface area contributed by atoms with Gasteiger partial charge in [0.1, 0.15) is 6.04 Å². The van der Waals surface area contributed by atoms with Crippen LogP contribution in [0.15, 0.2) is 0 Å². The maximum Gasteiger partial charge on any atom is 0.240 e. The summed E-state index contributed by atoms with van der Waals surface area (Å²) in [5.41, 5.74) is 5.15. The first-order valence-electron chi connectivity index (χ1n) is 5.18. The lowest BCUT2D eigenvalue weighted by molar-refractivity contribution is -0.128. The molecule has 2 amide bonds. The fourth-order valence-corrected chi connectivity index (χ4v) is 1.21. The zero-order valence-corrected chi connectivity index (χ0v) is 9.32. The molecule has 0 rings (SSSR count). The highest BCUT2D eigenvalue weighted by Gasteiger charge is 2.20. The topological polar surface area (TPSA) is 92.4 Å². The number of hydrogen-bond acceptors (Lipinski definition) is 3. The number of nitrogens with one attached hydrogen (secondary N) is 1. The summed E-state index contributed by atoms with van der Waals surface area (Å²) in [5, 5.41) is 11.1. The van der Waals surface area contributed by atoms with E-state index in [0.717, 1.165) is 0 Å². The van der Waals surface area contributed by atoms with Gasteiger partial charge in [-0.3, -0.25) is 9.59 Å². The Kier molecular flexibility index (Phi) is 6.70. The first-order valence-corrected chi connectivity index (χ1v) is 5.18. The average molecular weight is 216 g/mol. The van der Waals surface area contributed by atoms with Crippen molar-refractivity contribution < 1.29 is 14.7 Å². The van der Waals surface area contributed by atoms with E-state index >= 15 is 0 Å². The monoisotopic (exact) mass is 216 g/mol. The van der Waals surface area contributed by atoms with Gasteiger partial charge in [0.05, 0.1) is 0 Å². The van der Waals surface area contributed by atoms with Crippen LogP contribution in [-0.4, -0.2) is 29.6 Å². The van der Waals surface area contributed by atoms with E-state index in [1.807, 2.05) is 13.8 Å². The second kappa shape index (κ2) is 7.23. The number of aliphatic hydroxyl groups is 1. The first kappa shape index (κ1) is 13.9. The molecule has 0 aliphatic heterocycles. The van der Waals surface area contributed by atoms with Crippen LogP contribution in [0.2, 0.25) is 0 Å². The predicted octanol–water partition coefficient (Wildman–Crippen LogP) is -0.225. The molecule has 0 aliphatic carbocycles. The average Bonchev–Trinajstić information content (AvgIpc) is 2.13. The van der Waals surface area contributed by atoms with Gasteiger partial charge in [0.2, 0.25) is 11.8 Å². The molecule has 0 bridgehead atoms. The molecular weight excluding hydrogens is 196 g/mol. The molecule has 0 aromatic rings. The molecule has 88 valence electrons. The van der Waals surface area contributed by atoms with Crippen molar-refractivity contribution in [1.82, 2.24) is 5.32 Å². The van der Waals surface area contributed by atoms with Crippen LogP contribution in [0.1, 0.15) is 33.1 Å². The molecule has 0 saturated heterocycles. The number of primary amides is 1. The molecule has 1 atom stereocenters. The lowest BCUT2D eigenvalue weighted by Crippen LogP contribution is -2.47. The van der Waals surface area contributed by atoms with E-state index in [9.17, 15) is 9.59 Å². The van der Waals surface area contributed by atoms with Crippen LogP contribution in [0.4, 0.5) is 0 Å².